The van der Waals surface area contributed by atoms with Gasteiger partial charge < -0.3 is 4.90 Å². The number of fused-ring (bicyclic) bond motifs is 1. The van der Waals surface area contributed by atoms with Crippen molar-refractivity contribution in [2.24, 2.45) is 0 Å². The first kappa shape index (κ1) is 15.1. The molecule has 0 aliphatic carbocycles. The van der Waals surface area contributed by atoms with E-state index in [2.05, 4.69) is 0 Å². The van der Waals surface area contributed by atoms with Gasteiger partial charge in [0.15, 0.2) is 0 Å². The second kappa shape index (κ2) is 5.43. The summed E-state index contributed by atoms with van der Waals surface area (Å²) >= 11 is 1.68. The molecule has 2 aromatic rings. The number of amides is 1. The zero-order chi connectivity index (χ0) is 15.9. The minimum Gasteiger partial charge on any atom is -0.331 e. The standard InChI is InChI=1S/C16H14F3NOS/c1-10-13-7-9-22-14(13)6-8-20(10)15(21)11-2-4-12(5-3-11)16(17,18)19/h2-5,7,9-10H,6,8H2,1H3. The van der Waals surface area contributed by atoms with Crippen LogP contribution in [0.2, 0.25) is 0 Å². The number of rotatable bonds is 1. The number of halogens is 3. The van der Waals surface area contributed by atoms with E-state index < -0.39 is 11.7 Å². The predicted octanol–water partition coefficient (Wildman–Crippen LogP) is 4.53. The molecule has 0 spiro atoms. The first-order valence-corrected chi connectivity index (χ1v) is 7.80. The molecule has 2 heterocycles. The Morgan fingerprint density at radius 1 is 1.23 bits per heavy atom. The Morgan fingerprint density at radius 3 is 2.55 bits per heavy atom. The summed E-state index contributed by atoms with van der Waals surface area (Å²) in [6.07, 6.45) is -3.59. The van der Waals surface area contributed by atoms with Crippen LogP contribution in [0.1, 0.15) is 39.3 Å². The lowest BCUT2D eigenvalue weighted by molar-refractivity contribution is -0.137. The largest absolute Gasteiger partial charge is 0.416 e. The molecule has 116 valence electrons. The van der Waals surface area contributed by atoms with Gasteiger partial charge in [0.1, 0.15) is 0 Å². The maximum absolute atomic E-state index is 12.6. The van der Waals surface area contributed by atoms with E-state index in [0.29, 0.717) is 12.1 Å². The number of hydrogen-bond acceptors (Lipinski definition) is 2. The average molecular weight is 325 g/mol. The fraction of sp³-hybridized carbons (Fsp3) is 0.312. The molecule has 1 aromatic carbocycles. The van der Waals surface area contributed by atoms with Gasteiger partial charge in [-0.1, -0.05) is 0 Å². The van der Waals surface area contributed by atoms with Crippen molar-refractivity contribution in [2.45, 2.75) is 25.6 Å². The molecule has 2 nitrogen and oxygen atoms in total. The van der Waals surface area contributed by atoms with Crippen molar-refractivity contribution < 1.29 is 18.0 Å². The van der Waals surface area contributed by atoms with Crippen LogP contribution in [-0.4, -0.2) is 17.4 Å². The van der Waals surface area contributed by atoms with Gasteiger partial charge in [-0.2, -0.15) is 13.2 Å². The van der Waals surface area contributed by atoms with E-state index in [-0.39, 0.29) is 11.9 Å². The van der Waals surface area contributed by atoms with Crippen molar-refractivity contribution in [1.82, 2.24) is 4.90 Å². The zero-order valence-corrected chi connectivity index (χ0v) is 12.7. The molecule has 22 heavy (non-hydrogen) atoms. The maximum atomic E-state index is 12.6. The summed E-state index contributed by atoms with van der Waals surface area (Å²) < 4.78 is 37.7. The molecular weight excluding hydrogens is 311 g/mol. The normalized spacial score (nSPS) is 18.2. The van der Waals surface area contributed by atoms with Gasteiger partial charge in [-0.05, 0) is 54.6 Å². The number of carbonyl (C=O) groups is 1. The highest BCUT2D eigenvalue weighted by atomic mass is 32.1. The van der Waals surface area contributed by atoms with E-state index >= 15 is 0 Å². The van der Waals surface area contributed by atoms with Crippen LogP contribution < -0.4 is 0 Å². The fourth-order valence-corrected chi connectivity index (χ4v) is 3.72. The van der Waals surface area contributed by atoms with Crippen LogP contribution >= 0.6 is 11.3 Å². The van der Waals surface area contributed by atoms with E-state index in [0.717, 1.165) is 24.1 Å². The monoisotopic (exact) mass is 325 g/mol. The molecule has 0 fully saturated rings. The quantitative estimate of drug-likeness (QED) is 0.754. The van der Waals surface area contributed by atoms with Crippen LogP contribution in [0.5, 0.6) is 0 Å². The fourth-order valence-electron chi connectivity index (χ4n) is 2.75. The number of nitrogens with zero attached hydrogens (tertiary/aromatic N) is 1. The average Bonchev–Trinajstić information content (AvgIpc) is 2.96. The molecule has 6 heteroatoms. The van der Waals surface area contributed by atoms with Crippen molar-refractivity contribution >= 4 is 17.2 Å². The summed E-state index contributed by atoms with van der Waals surface area (Å²) in [6, 6.07) is 6.37. The molecule has 1 aliphatic rings. The smallest absolute Gasteiger partial charge is 0.331 e. The van der Waals surface area contributed by atoms with Crippen LogP contribution in [0.15, 0.2) is 35.7 Å². The van der Waals surface area contributed by atoms with E-state index in [1.54, 1.807) is 16.2 Å². The molecular formula is C16H14F3NOS. The SMILES string of the molecule is CC1c2ccsc2CCN1C(=O)c1ccc(C(F)(F)F)cc1. The number of alkyl halides is 3. The summed E-state index contributed by atoms with van der Waals surface area (Å²) in [6.45, 7) is 2.54. The van der Waals surface area contributed by atoms with Crippen molar-refractivity contribution in [3.63, 3.8) is 0 Å². The first-order chi connectivity index (χ1) is 10.4. The lowest BCUT2D eigenvalue weighted by Crippen LogP contribution is -2.38. The van der Waals surface area contributed by atoms with Crippen molar-refractivity contribution in [1.29, 1.82) is 0 Å². The van der Waals surface area contributed by atoms with Crippen molar-refractivity contribution in [3.05, 3.63) is 57.3 Å². The molecule has 1 atom stereocenters. The van der Waals surface area contributed by atoms with Gasteiger partial charge in [-0.3, -0.25) is 4.79 Å². The molecule has 3 rings (SSSR count). The van der Waals surface area contributed by atoms with Crippen molar-refractivity contribution in [2.75, 3.05) is 6.54 Å². The van der Waals surface area contributed by atoms with E-state index in [1.165, 1.54) is 17.0 Å². The van der Waals surface area contributed by atoms with Gasteiger partial charge in [0, 0.05) is 17.0 Å². The number of hydrogen-bond donors (Lipinski definition) is 0. The van der Waals surface area contributed by atoms with Crippen molar-refractivity contribution in [3.8, 4) is 0 Å². The third kappa shape index (κ3) is 2.63. The minimum absolute atomic E-state index is 0.0511. The zero-order valence-electron chi connectivity index (χ0n) is 11.9. The minimum atomic E-state index is -4.38. The Kier molecular flexibility index (Phi) is 3.72. The molecule has 1 unspecified atom stereocenters. The number of carbonyl (C=O) groups excluding carboxylic acids is 1. The Balaban J connectivity index is 1.83. The van der Waals surface area contributed by atoms with Gasteiger partial charge in [-0.25, -0.2) is 0 Å². The van der Waals surface area contributed by atoms with E-state index in [9.17, 15) is 18.0 Å². The molecule has 1 aromatic heterocycles. The number of benzene rings is 1. The topological polar surface area (TPSA) is 20.3 Å². The van der Waals surface area contributed by atoms with Crippen LogP contribution in [0.25, 0.3) is 0 Å². The molecule has 1 aliphatic heterocycles. The molecule has 0 bridgehead atoms. The summed E-state index contributed by atoms with van der Waals surface area (Å²) in [5.74, 6) is -0.224. The Labute approximate surface area is 130 Å². The van der Waals surface area contributed by atoms with E-state index in [1.807, 2.05) is 18.4 Å². The predicted molar refractivity (Wildman–Crippen MR) is 78.9 cm³/mol. The van der Waals surface area contributed by atoms with Gasteiger partial charge in [0.05, 0.1) is 11.6 Å². The second-order valence-corrected chi connectivity index (χ2v) is 6.30. The Bertz CT molecular complexity index is 690. The Hall–Kier alpha value is -1.82. The maximum Gasteiger partial charge on any atom is 0.416 e. The van der Waals surface area contributed by atoms with Crippen LogP contribution in [0, 0.1) is 0 Å². The molecule has 1 amide bonds. The van der Waals surface area contributed by atoms with Gasteiger partial charge in [-0.15, -0.1) is 11.3 Å². The summed E-state index contributed by atoms with van der Waals surface area (Å²) in [5, 5.41) is 2.01. The van der Waals surface area contributed by atoms with Crippen LogP contribution in [-0.2, 0) is 12.6 Å². The van der Waals surface area contributed by atoms with Gasteiger partial charge in [0.2, 0.25) is 0 Å². The van der Waals surface area contributed by atoms with Crippen LogP contribution in [0.4, 0.5) is 13.2 Å². The summed E-state index contributed by atoms with van der Waals surface area (Å²) in [7, 11) is 0. The highest BCUT2D eigenvalue weighted by molar-refractivity contribution is 7.10. The molecule has 0 saturated carbocycles. The first-order valence-electron chi connectivity index (χ1n) is 6.92. The van der Waals surface area contributed by atoms with Gasteiger partial charge >= 0.3 is 6.18 Å². The lowest BCUT2D eigenvalue weighted by atomic mass is 10.00. The molecule has 0 radical (unpaired) electrons. The summed E-state index contributed by atoms with van der Waals surface area (Å²) in [4.78, 5) is 15.6. The third-order valence-electron chi connectivity index (χ3n) is 4.00. The summed E-state index contributed by atoms with van der Waals surface area (Å²) in [5.41, 5.74) is 0.686. The lowest BCUT2D eigenvalue weighted by Gasteiger charge is -2.33. The number of thiophene rings is 1. The third-order valence-corrected chi connectivity index (χ3v) is 4.99. The highest BCUT2D eigenvalue weighted by Gasteiger charge is 2.32. The van der Waals surface area contributed by atoms with Gasteiger partial charge in [0.25, 0.3) is 5.91 Å². The highest BCUT2D eigenvalue weighted by Crippen LogP contribution is 2.34. The van der Waals surface area contributed by atoms with Crippen LogP contribution in [0.3, 0.4) is 0 Å². The molecule has 0 N–H and O–H groups in total. The van der Waals surface area contributed by atoms with E-state index in [4.69, 9.17) is 0 Å². The second-order valence-electron chi connectivity index (χ2n) is 5.30. The Morgan fingerprint density at radius 2 is 1.91 bits per heavy atom. The molecule has 0 saturated heterocycles.